The highest BCUT2D eigenvalue weighted by molar-refractivity contribution is 5.82. The fourth-order valence-electron chi connectivity index (χ4n) is 5.12. The van der Waals surface area contributed by atoms with Crippen LogP contribution in [0.15, 0.2) is 48.5 Å². The van der Waals surface area contributed by atoms with Crippen molar-refractivity contribution >= 4 is 18.0 Å². The number of hydrogen-bond acceptors (Lipinski definition) is 5. The van der Waals surface area contributed by atoms with E-state index < -0.39 is 24.2 Å². The number of ether oxygens (including phenoxy) is 2. The SMILES string of the molecule is CCN(C(=O)C1CCC(CNC(=O)OCC2c3ccccc3-c3ccccc32)O1)C(C)CC(=O)O. The second-order valence-electron chi connectivity index (χ2n) is 9.10. The largest absolute Gasteiger partial charge is 0.481 e. The van der Waals surface area contributed by atoms with E-state index in [0.29, 0.717) is 19.4 Å². The number of carbonyl (C=O) groups is 3. The number of hydrogen-bond donors (Lipinski definition) is 2. The number of carbonyl (C=O) groups excluding carboxylic acids is 2. The molecule has 2 aromatic carbocycles. The second-order valence-corrected chi connectivity index (χ2v) is 9.10. The molecule has 0 radical (unpaired) electrons. The van der Waals surface area contributed by atoms with Crippen LogP contribution in [0.25, 0.3) is 11.1 Å². The Kier molecular flexibility index (Phi) is 7.70. The quantitative estimate of drug-likeness (QED) is 0.566. The van der Waals surface area contributed by atoms with Gasteiger partial charge in [-0.25, -0.2) is 4.79 Å². The molecule has 0 bridgehead atoms. The zero-order valence-electron chi connectivity index (χ0n) is 20.1. The van der Waals surface area contributed by atoms with Crippen molar-refractivity contribution in [2.45, 2.75) is 57.3 Å². The molecule has 4 rings (SSSR count). The number of carboxylic acids is 1. The van der Waals surface area contributed by atoms with Crippen molar-refractivity contribution in [1.82, 2.24) is 10.2 Å². The number of benzene rings is 2. The van der Waals surface area contributed by atoms with E-state index in [9.17, 15) is 14.4 Å². The Morgan fingerprint density at radius 3 is 2.31 bits per heavy atom. The van der Waals surface area contributed by atoms with E-state index in [0.717, 1.165) is 11.1 Å². The van der Waals surface area contributed by atoms with Gasteiger partial charge in [0.2, 0.25) is 0 Å². The summed E-state index contributed by atoms with van der Waals surface area (Å²) in [5.74, 6) is -1.16. The highest BCUT2D eigenvalue weighted by Crippen LogP contribution is 2.44. The molecule has 1 aliphatic heterocycles. The van der Waals surface area contributed by atoms with Crippen LogP contribution in [0.3, 0.4) is 0 Å². The van der Waals surface area contributed by atoms with Gasteiger partial charge in [-0.05, 0) is 48.9 Å². The molecule has 1 fully saturated rings. The smallest absolute Gasteiger partial charge is 0.407 e. The Bertz CT molecular complexity index is 1040. The number of aliphatic carboxylic acids is 1. The molecule has 1 aliphatic carbocycles. The summed E-state index contributed by atoms with van der Waals surface area (Å²) in [7, 11) is 0. The number of fused-ring (bicyclic) bond motifs is 3. The summed E-state index contributed by atoms with van der Waals surface area (Å²) in [5, 5.41) is 11.8. The lowest BCUT2D eigenvalue weighted by molar-refractivity contribution is -0.147. The maximum Gasteiger partial charge on any atom is 0.407 e. The maximum atomic E-state index is 12.8. The molecule has 3 unspecified atom stereocenters. The molecule has 186 valence electrons. The van der Waals surface area contributed by atoms with E-state index in [1.165, 1.54) is 11.1 Å². The first kappa shape index (κ1) is 24.7. The summed E-state index contributed by atoms with van der Waals surface area (Å²) >= 11 is 0. The zero-order chi connectivity index (χ0) is 24.9. The predicted molar refractivity (Wildman–Crippen MR) is 130 cm³/mol. The number of rotatable bonds is 9. The van der Waals surface area contributed by atoms with E-state index in [1.54, 1.807) is 11.8 Å². The number of nitrogens with zero attached hydrogens (tertiary/aromatic N) is 1. The number of amides is 2. The summed E-state index contributed by atoms with van der Waals surface area (Å²) in [6.45, 7) is 4.44. The van der Waals surface area contributed by atoms with Gasteiger partial charge in [0.05, 0.1) is 12.5 Å². The Balaban J connectivity index is 1.26. The normalized spacial score (nSPS) is 19.5. The fraction of sp³-hybridized carbons (Fsp3) is 0.444. The highest BCUT2D eigenvalue weighted by atomic mass is 16.5. The lowest BCUT2D eigenvalue weighted by Gasteiger charge is -2.29. The maximum absolute atomic E-state index is 12.8. The second kappa shape index (κ2) is 10.9. The third kappa shape index (κ3) is 5.48. The summed E-state index contributed by atoms with van der Waals surface area (Å²) in [6.07, 6.45) is -0.384. The van der Waals surface area contributed by atoms with Crippen LogP contribution in [0.1, 0.15) is 50.2 Å². The molecule has 1 saturated heterocycles. The van der Waals surface area contributed by atoms with Crippen LogP contribution in [0.2, 0.25) is 0 Å². The first-order chi connectivity index (χ1) is 16.9. The van der Waals surface area contributed by atoms with Gasteiger partial charge in [0.15, 0.2) is 0 Å². The lowest BCUT2D eigenvalue weighted by Crippen LogP contribution is -2.45. The van der Waals surface area contributed by atoms with Gasteiger partial charge in [-0.3, -0.25) is 9.59 Å². The molecule has 1 heterocycles. The lowest BCUT2D eigenvalue weighted by atomic mass is 9.98. The minimum atomic E-state index is -0.943. The standard InChI is InChI=1S/C27H32N2O6/c1-3-29(17(2)14-25(30)31)26(32)24-13-12-18(35-24)15-28-27(33)34-16-23-21-10-6-4-8-19(21)20-9-5-7-11-22(20)23/h4-11,17-18,23-24H,3,12-16H2,1-2H3,(H,28,33)(H,30,31). The molecular formula is C27H32N2O6. The van der Waals surface area contributed by atoms with Crippen molar-refractivity contribution in [2.24, 2.45) is 0 Å². The minimum Gasteiger partial charge on any atom is -0.481 e. The molecule has 2 aromatic rings. The molecule has 8 nitrogen and oxygen atoms in total. The average molecular weight is 481 g/mol. The van der Waals surface area contributed by atoms with Gasteiger partial charge in [-0.2, -0.15) is 0 Å². The molecule has 0 spiro atoms. The summed E-state index contributed by atoms with van der Waals surface area (Å²) < 4.78 is 11.4. The van der Waals surface area contributed by atoms with Crippen LogP contribution in [0.4, 0.5) is 4.79 Å². The molecule has 0 saturated carbocycles. The van der Waals surface area contributed by atoms with Crippen LogP contribution in [0, 0.1) is 0 Å². The van der Waals surface area contributed by atoms with Crippen LogP contribution in [0.5, 0.6) is 0 Å². The van der Waals surface area contributed by atoms with Crippen molar-refractivity contribution in [1.29, 1.82) is 0 Å². The monoisotopic (exact) mass is 480 g/mol. The predicted octanol–water partition coefficient (Wildman–Crippen LogP) is 3.78. The number of likely N-dealkylation sites (N-methyl/N-ethyl adjacent to an activating group) is 1. The summed E-state index contributed by atoms with van der Waals surface area (Å²) in [5.41, 5.74) is 4.65. The molecular weight excluding hydrogens is 448 g/mol. The average Bonchev–Trinajstić information content (AvgIpc) is 3.44. The van der Waals surface area contributed by atoms with E-state index in [1.807, 2.05) is 31.2 Å². The molecule has 35 heavy (non-hydrogen) atoms. The third-order valence-corrected chi connectivity index (χ3v) is 6.83. The minimum absolute atomic E-state index is 0.00861. The Labute approximate surface area is 205 Å². The number of alkyl carbamates (subject to hydrolysis) is 1. The van der Waals surface area contributed by atoms with E-state index in [4.69, 9.17) is 14.6 Å². The van der Waals surface area contributed by atoms with Crippen LogP contribution in [-0.2, 0) is 19.1 Å². The Morgan fingerprint density at radius 1 is 1.09 bits per heavy atom. The van der Waals surface area contributed by atoms with Gasteiger partial charge in [-0.1, -0.05) is 48.5 Å². The van der Waals surface area contributed by atoms with E-state index in [-0.39, 0.29) is 37.5 Å². The van der Waals surface area contributed by atoms with Gasteiger partial charge in [0.1, 0.15) is 12.7 Å². The first-order valence-corrected chi connectivity index (χ1v) is 12.2. The summed E-state index contributed by atoms with van der Waals surface area (Å²) in [6, 6.07) is 15.9. The van der Waals surface area contributed by atoms with Crippen LogP contribution in [-0.4, -0.2) is 65.9 Å². The van der Waals surface area contributed by atoms with E-state index in [2.05, 4.69) is 29.6 Å². The van der Waals surface area contributed by atoms with Gasteiger partial charge in [0.25, 0.3) is 5.91 Å². The van der Waals surface area contributed by atoms with Crippen LogP contribution < -0.4 is 5.32 Å². The number of carboxylic acid groups (broad SMARTS) is 1. The van der Waals surface area contributed by atoms with Crippen molar-refractivity contribution in [3.05, 3.63) is 59.7 Å². The highest BCUT2D eigenvalue weighted by Gasteiger charge is 2.35. The Hall–Kier alpha value is -3.39. The molecule has 2 aliphatic rings. The van der Waals surface area contributed by atoms with Crippen molar-refractivity contribution in [2.75, 3.05) is 19.7 Å². The van der Waals surface area contributed by atoms with Gasteiger partial charge in [-0.15, -0.1) is 0 Å². The molecule has 2 N–H and O–H groups in total. The van der Waals surface area contributed by atoms with Gasteiger partial charge < -0.3 is 24.8 Å². The fourth-order valence-corrected chi connectivity index (χ4v) is 5.12. The van der Waals surface area contributed by atoms with Gasteiger partial charge >= 0.3 is 12.1 Å². The van der Waals surface area contributed by atoms with Crippen molar-refractivity contribution in [3.8, 4) is 11.1 Å². The topological polar surface area (TPSA) is 105 Å². The molecule has 2 amide bonds. The van der Waals surface area contributed by atoms with Gasteiger partial charge in [0, 0.05) is 25.0 Å². The number of nitrogens with one attached hydrogen (secondary N) is 1. The Morgan fingerprint density at radius 2 is 1.71 bits per heavy atom. The molecule has 3 atom stereocenters. The van der Waals surface area contributed by atoms with Crippen LogP contribution >= 0.6 is 0 Å². The van der Waals surface area contributed by atoms with Crippen molar-refractivity contribution in [3.63, 3.8) is 0 Å². The third-order valence-electron chi connectivity index (χ3n) is 6.83. The summed E-state index contributed by atoms with van der Waals surface area (Å²) in [4.78, 5) is 37.8. The zero-order valence-corrected chi connectivity index (χ0v) is 20.1. The first-order valence-electron chi connectivity index (χ1n) is 12.2. The van der Waals surface area contributed by atoms with E-state index >= 15 is 0 Å². The molecule has 0 aromatic heterocycles. The van der Waals surface area contributed by atoms with Crippen molar-refractivity contribution < 1.29 is 29.0 Å². The molecule has 8 heteroatoms.